The number of rotatable bonds is 8. The van der Waals surface area contributed by atoms with Crippen LogP contribution in [0.1, 0.15) is 18.0 Å². The zero-order chi connectivity index (χ0) is 15.1. The molecule has 0 bridgehead atoms. The smallest absolute Gasteiger partial charge is 0.305 e. The second-order valence-corrected chi connectivity index (χ2v) is 4.30. The van der Waals surface area contributed by atoms with Crippen molar-refractivity contribution in [1.82, 2.24) is 4.90 Å². The fraction of sp³-hybridized carbons (Fsp3) is 0.462. The molecule has 0 radical (unpaired) electrons. The summed E-state index contributed by atoms with van der Waals surface area (Å²) in [4.78, 5) is 12.4. The highest BCUT2D eigenvalue weighted by atomic mass is 19.1. The Balaban J connectivity index is 3.11. The Labute approximate surface area is 115 Å². The molecule has 1 atom stereocenters. The molecule has 1 aromatic carbocycles. The van der Waals surface area contributed by atoms with E-state index in [-0.39, 0.29) is 38.3 Å². The molecule has 0 aliphatic carbocycles. The number of aliphatic hydroxyl groups excluding tert-OH is 2. The van der Waals surface area contributed by atoms with Gasteiger partial charge in [0.15, 0.2) is 0 Å². The molecule has 0 saturated heterocycles. The van der Waals surface area contributed by atoms with Gasteiger partial charge in [0, 0.05) is 25.2 Å². The topological polar surface area (TPSA) is 81.0 Å². The highest BCUT2D eigenvalue weighted by molar-refractivity contribution is 5.68. The molecule has 7 heteroatoms. The molecule has 1 unspecified atom stereocenters. The van der Waals surface area contributed by atoms with Crippen LogP contribution in [-0.2, 0) is 4.79 Å². The Morgan fingerprint density at radius 1 is 1.10 bits per heavy atom. The van der Waals surface area contributed by atoms with Crippen molar-refractivity contribution in [3.8, 4) is 0 Å². The summed E-state index contributed by atoms with van der Waals surface area (Å²) in [5, 5.41) is 26.9. The largest absolute Gasteiger partial charge is 0.481 e. The van der Waals surface area contributed by atoms with Crippen LogP contribution in [0.2, 0.25) is 0 Å². The lowest BCUT2D eigenvalue weighted by atomic mass is 10.0. The Morgan fingerprint density at radius 3 is 2.00 bits per heavy atom. The molecule has 0 fully saturated rings. The minimum Gasteiger partial charge on any atom is -0.481 e. The summed E-state index contributed by atoms with van der Waals surface area (Å²) in [6, 6.07) is 1.98. The lowest BCUT2D eigenvalue weighted by Crippen LogP contribution is -2.35. The van der Waals surface area contributed by atoms with Crippen molar-refractivity contribution in [2.45, 2.75) is 12.5 Å². The summed E-state index contributed by atoms with van der Waals surface area (Å²) in [5.41, 5.74) is 0.159. The van der Waals surface area contributed by atoms with Crippen LogP contribution in [0, 0.1) is 11.6 Å². The molecule has 0 aromatic heterocycles. The van der Waals surface area contributed by atoms with E-state index in [0.29, 0.717) is 6.07 Å². The maximum Gasteiger partial charge on any atom is 0.305 e. The first kappa shape index (κ1) is 16.5. The second-order valence-electron chi connectivity index (χ2n) is 4.30. The third-order valence-electron chi connectivity index (χ3n) is 2.85. The first-order valence-corrected chi connectivity index (χ1v) is 6.11. The second kappa shape index (κ2) is 7.88. The first-order chi connectivity index (χ1) is 9.47. The van der Waals surface area contributed by atoms with Gasteiger partial charge in [-0.2, -0.15) is 0 Å². The summed E-state index contributed by atoms with van der Waals surface area (Å²) >= 11 is 0. The van der Waals surface area contributed by atoms with Gasteiger partial charge in [-0.05, 0) is 17.7 Å². The third kappa shape index (κ3) is 4.84. The van der Waals surface area contributed by atoms with Crippen LogP contribution in [0.3, 0.4) is 0 Å². The average molecular weight is 289 g/mol. The number of halogens is 2. The molecule has 1 aromatic rings. The van der Waals surface area contributed by atoms with Gasteiger partial charge in [0.1, 0.15) is 11.6 Å². The number of carboxylic acid groups (broad SMARTS) is 1. The molecule has 0 heterocycles. The molecule has 0 aliphatic rings. The number of carboxylic acids is 1. The van der Waals surface area contributed by atoms with Gasteiger partial charge < -0.3 is 15.3 Å². The monoisotopic (exact) mass is 289 g/mol. The number of aliphatic hydroxyl groups is 2. The van der Waals surface area contributed by atoms with Crippen molar-refractivity contribution >= 4 is 5.97 Å². The maximum atomic E-state index is 13.3. The highest BCUT2D eigenvalue weighted by Gasteiger charge is 2.23. The number of carbonyl (C=O) groups is 1. The van der Waals surface area contributed by atoms with E-state index >= 15 is 0 Å². The minimum atomic E-state index is -1.14. The molecule has 0 saturated carbocycles. The van der Waals surface area contributed by atoms with Crippen molar-refractivity contribution in [2.75, 3.05) is 26.3 Å². The van der Waals surface area contributed by atoms with E-state index in [1.165, 1.54) is 4.90 Å². The third-order valence-corrected chi connectivity index (χ3v) is 2.85. The number of nitrogens with zero attached hydrogens (tertiary/aromatic N) is 1. The van der Waals surface area contributed by atoms with Crippen molar-refractivity contribution in [2.24, 2.45) is 0 Å². The minimum absolute atomic E-state index is 0.0939. The van der Waals surface area contributed by atoms with Crippen LogP contribution < -0.4 is 0 Å². The number of hydrogen-bond acceptors (Lipinski definition) is 4. The molecule has 0 spiro atoms. The number of hydrogen-bond donors (Lipinski definition) is 3. The van der Waals surface area contributed by atoms with Crippen LogP contribution in [0.15, 0.2) is 18.2 Å². The van der Waals surface area contributed by atoms with Crippen molar-refractivity contribution in [3.05, 3.63) is 35.4 Å². The van der Waals surface area contributed by atoms with Gasteiger partial charge in [-0.15, -0.1) is 0 Å². The molecular formula is C13H17F2NO4. The summed E-state index contributed by atoms with van der Waals surface area (Å²) in [6.07, 6.45) is -0.386. The van der Waals surface area contributed by atoms with E-state index in [1.807, 2.05) is 0 Å². The molecule has 5 nitrogen and oxygen atoms in total. The number of benzene rings is 1. The van der Waals surface area contributed by atoms with Gasteiger partial charge in [-0.1, -0.05) is 0 Å². The Hall–Kier alpha value is -1.57. The zero-order valence-electron chi connectivity index (χ0n) is 10.8. The van der Waals surface area contributed by atoms with Crippen molar-refractivity contribution in [1.29, 1.82) is 0 Å². The molecule has 112 valence electrons. The predicted octanol–water partition coefficient (Wildman–Crippen LogP) is 0.767. The molecule has 3 N–H and O–H groups in total. The van der Waals surface area contributed by atoms with Crippen LogP contribution in [-0.4, -0.2) is 52.5 Å². The van der Waals surface area contributed by atoms with E-state index in [1.54, 1.807) is 0 Å². The van der Waals surface area contributed by atoms with Crippen LogP contribution >= 0.6 is 0 Å². The summed E-state index contributed by atoms with van der Waals surface area (Å²) in [6.45, 7) is -0.324. The number of aliphatic carboxylic acids is 1. The summed E-state index contributed by atoms with van der Waals surface area (Å²) in [7, 11) is 0. The van der Waals surface area contributed by atoms with Gasteiger partial charge in [0.2, 0.25) is 0 Å². The Kier molecular flexibility index (Phi) is 6.50. The van der Waals surface area contributed by atoms with Crippen LogP contribution in [0.25, 0.3) is 0 Å². The van der Waals surface area contributed by atoms with Gasteiger partial charge in [0.25, 0.3) is 0 Å². The van der Waals surface area contributed by atoms with Crippen molar-refractivity contribution in [3.63, 3.8) is 0 Å². The van der Waals surface area contributed by atoms with Gasteiger partial charge in [0.05, 0.1) is 19.6 Å². The average Bonchev–Trinajstić information content (AvgIpc) is 2.34. The first-order valence-electron chi connectivity index (χ1n) is 6.11. The SMILES string of the molecule is O=C(O)CC(c1cc(F)cc(F)c1)N(CCO)CCO. The fourth-order valence-corrected chi connectivity index (χ4v) is 2.07. The van der Waals surface area contributed by atoms with E-state index in [0.717, 1.165) is 12.1 Å². The summed E-state index contributed by atoms with van der Waals surface area (Å²) in [5.74, 6) is -2.74. The van der Waals surface area contributed by atoms with Crippen LogP contribution in [0.4, 0.5) is 8.78 Å². The lowest BCUT2D eigenvalue weighted by molar-refractivity contribution is -0.138. The van der Waals surface area contributed by atoms with Gasteiger partial charge in [-0.3, -0.25) is 9.69 Å². The van der Waals surface area contributed by atoms with Crippen LogP contribution in [0.5, 0.6) is 0 Å². The molecule has 0 aliphatic heterocycles. The molecule has 1 rings (SSSR count). The normalized spacial score (nSPS) is 12.7. The highest BCUT2D eigenvalue weighted by Crippen LogP contribution is 2.25. The zero-order valence-corrected chi connectivity index (χ0v) is 10.8. The van der Waals surface area contributed by atoms with E-state index in [2.05, 4.69) is 0 Å². The molecule has 0 amide bonds. The molecule has 20 heavy (non-hydrogen) atoms. The Morgan fingerprint density at radius 2 is 1.60 bits per heavy atom. The summed E-state index contributed by atoms with van der Waals surface area (Å²) < 4.78 is 26.5. The van der Waals surface area contributed by atoms with E-state index in [9.17, 15) is 13.6 Å². The maximum absolute atomic E-state index is 13.3. The van der Waals surface area contributed by atoms with Crippen molar-refractivity contribution < 1.29 is 28.9 Å². The standard InChI is InChI=1S/C13H17F2NO4/c14-10-5-9(6-11(15)7-10)12(8-13(19)20)16(1-3-17)2-4-18/h5-7,12,17-18H,1-4,8H2,(H,19,20). The van der Waals surface area contributed by atoms with E-state index < -0.39 is 23.6 Å². The van der Waals surface area contributed by atoms with Gasteiger partial charge >= 0.3 is 5.97 Å². The van der Waals surface area contributed by atoms with Gasteiger partial charge in [-0.25, -0.2) is 8.78 Å². The fourth-order valence-electron chi connectivity index (χ4n) is 2.07. The quantitative estimate of drug-likeness (QED) is 0.658. The predicted molar refractivity (Wildman–Crippen MR) is 67.1 cm³/mol. The van der Waals surface area contributed by atoms with E-state index in [4.69, 9.17) is 15.3 Å². The molecular weight excluding hydrogens is 272 g/mol. The Bertz CT molecular complexity index is 430. The lowest BCUT2D eigenvalue weighted by Gasteiger charge is -2.30.